The van der Waals surface area contributed by atoms with Crippen LogP contribution in [0.4, 0.5) is 11.4 Å². The van der Waals surface area contributed by atoms with Crippen LogP contribution >= 0.6 is 0 Å². The molecule has 1 N–H and O–H groups in total. The summed E-state index contributed by atoms with van der Waals surface area (Å²) in [5.74, 6) is 0.404. The zero-order valence-electron chi connectivity index (χ0n) is 17.7. The van der Waals surface area contributed by atoms with E-state index < -0.39 is 6.10 Å². The van der Waals surface area contributed by atoms with E-state index in [0.29, 0.717) is 38.6 Å². The summed E-state index contributed by atoms with van der Waals surface area (Å²) < 4.78 is 11.4. The topological polar surface area (TPSA) is 71.1 Å². The Balaban J connectivity index is 1.34. The first-order valence-electron chi connectivity index (χ1n) is 10.8. The van der Waals surface area contributed by atoms with Crippen molar-refractivity contribution in [2.24, 2.45) is 0 Å². The minimum atomic E-state index is -0.659. The van der Waals surface area contributed by atoms with Crippen molar-refractivity contribution in [2.45, 2.75) is 6.10 Å². The summed E-state index contributed by atoms with van der Waals surface area (Å²) in [5, 5.41) is 5.10. The second-order valence-electron chi connectivity index (χ2n) is 7.97. The van der Waals surface area contributed by atoms with Crippen molar-refractivity contribution in [2.75, 3.05) is 49.6 Å². The van der Waals surface area contributed by atoms with E-state index in [-0.39, 0.29) is 18.4 Å². The van der Waals surface area contributed by atoms with Crippen molar-refractivity contribution >= 4 is 34.0 Å². The van der Waals surface area contributed by atoms with Gasteiger partial charge in [-0.1, -0.05) is 48.5 Å². The third-order valence-corrected chi connectivity index (χ3v) is 5.86. The number of hydrogen-bond acceptors (Lipinski definition) is 5. The van der Waals surface area contributed by atoms with Crippen LogP contribution in [-0.4, -0.2) is 62.2 Å². The van der Waals surface area contributed by atoms with Crippen LogP contribution in [0.3, 0.4) is 0 Å². The molecule has 7 nitrogen and oxygen atoms in total. The molecule has 1 atom stereocenters. The Hall–Kier alpha value is -3.58. The van der Waals surface area contributed by atoms with E-state index in [0.717, 1.165) is 22.1 Å². The lowest BCUT2D eigenvalue weighted by Gasteiger charge is -2.38. The smallest absolute Gasteiger partial charge is 0.265 e. The van der Waals surface area contributed by atoms with Gasteiger partial charge in [-0.15, -0.1) is 0 Å². The molecule has 2 amide bonds. The summed E-state index contributed by atoms with van der Waals surface area (Å²) in [6, 6.07) is 21.3. The monoisotopic (exact) mass is 431 g/mol. The molecule has 3 aromatic rings. The third kappa shape index (κ3) is 4.11. The molecule has 0 radical (unpaired) electrons. The average molecular weight is 431 g/mol. The van der Waals surface area contributed by atoms with Gasteiger partial charge in [0, 0.05) is 24.2 Å². The van der Waals surface area contributed by atoms with Crippen LogP contribution in [0.5, 0.6) is 5.75 Å². The van der Waals surface area contributed by atoms with Crippen LogP contribution in [0.25, 0.3) is 10.8 Å². The second kappa shape index (κ2) is 8.88. The van der Waals surface area contributed by atoms with Gasteiger partial charge in [-0.05, 0) is 23.6 Å². The van der Waals surface area contributed by atoms with Crippen LogP contribution in [0.1, 0.15) is 0 Å². The Bertz CT molecular complexity index is 1140. The van der Waals surface area contributed by atoms with Gasteiger partial charge in [-0.25, -0.2) is 0 Å². The van der Waals surface area contributed by atoms with E-state index in [1.807, 2.05) is 71.6 Å². The number of hydrogen-bond donors (Lipinski definition) is 1. The number of nitrogens with one attached hydrogen (secondary N) is 1. The Morgan fingerprint density at radius 2 is 1.69 bits per heavy atom. The van der Waals surface area contributed by atoms with Gasteiger partial charge in [-0.3, -0.25) is 9.59 Å². The number of ether oxygens (including phenoxy) is 2. The van der Waals surface area contributed by atoms with E-state index >= 15 is 0 Å². The molecular formula is C25H25N3O4. The molecule has 1 unspecified atom stereocenters. The maximum Gasteiger partial charge on any atom is 0.265 e. The summed E-state index contributed by atoms with van der Waals surface area (Å²) in [4.78, 5) is 29.8. The van der Waals surface area contributed by atoms with E-state index in [1.165, 1.54) is 0 Å². The Morgan fingerprint density at radius 3 is 2.56 bits per heavy atom. The van der Waals surface area contributed by atoms with Gasteiger partial charge in [0.05, 0.1) is 32.0 Å². The minimum absolute atomic E-state index is 0.0673. The van der Waals surface area contributed by atoms with Gasteiger partial charge in [0.25, 0.3) is 5.91 Å². The molecule has 2 aliphatic heterocycles. The number of fused-ring (bicyclic) bond motifs is 2. The molecule has 3 aromatic carbocycles. The normalized spacial score (nSPS) is 18.1. The van der Waals surface area contributed by atoms with Gasteiger partial charge in [0.1, 0.15) is 5.75 Å². The fourth-order valence-electron chi connectivity index (χ4n) is 4.27. The number of rotatable bonds is 4. The fraction of sp³-hybridized carbons (Fsp3) is 0.280. The van der Waals surface area contributed by atoms with Gasteiger partial charge in [-0.2, -0.15) is 0 Å². The third-order valence-electron chi connectivity index (χ3n) is 5.86. The number of para-hydroxylation sites is 2. The van der Waals surface area contributed by atoms with Crippen molar-refractivity contribution in [3.8, 4) is 5.75 Å². The lowest BCUT2D eigenvalue weighted by atomic mass is 10.1. The lowest BCUT2D eigenvalue weighted by Crippen LogP contribution is -2.53. The SMILES string of the molecule is O=C(CN1CC(C(=O)N2CCOCC2)Oc2ccccc21)Nc1cccc2ccccc12. The van der Waals surface area contributed by atoms with Crippen LogP contribution in [0.2, 0.25) is 0 Å². The number of amides is 2. The maximum absolute atomic E-state index is 13.0. The van der Waals surface area contributed by atoms with Crippen LogP contribution in [0, 0.1) is 0 Å². The Morgan fingerprint density at radius 1 is 0.938 bits per heavy atom. The highest BCUT2D eigenvalue weighted by Crippen LogP contribution is 2.33. The van der Waals surface area contributed by atoms with Crippen LogP contribution < -0.4 is 15.0 Å². The summed E-state index contributed by atoms with van der Waals surface area (Å²) in [6.07, 6.45) is -0.659. The largest absolute Gasteiger partial charge is 0.477 e. The van der Waals surface area contributed by atoms with Crippen LogP contribution in [0.15, 0.2) is 66.7 Å². The summed E-state index contributed by atoms with van der Waals surface area (Å²) in [7, 11) is 0. The number of benzene rings is 3. The van der Waals surface area contributed by atoms with Gasteiger partial charge in [0.15, 0.2) is 6.10 Å². The standard InChI is InChI=1S/C25H25N3O4/c29-24(26-20-9-5-7-18-6-1-2-8-19(18)20)17-28-16-23(25(30)27-12-14-31-15-13-27)32-22-11-4-3-10-21(22)28/h1-11,23H,12-17H2,(H,26,29). The van der Waals surface area contributed by atoms with Gasteiger partial charge >= 0.3 is 0 Å². The average Bonchev–Trinajstić information content (AvgIpc) is 2.84. The first-order valence-corrected chi connectivity index (χ1v) is 10.8. The number of nitrogens with zero attached hydrogens (tertiary/aromatic N) is 2. The van der Waals surface area contributed by atoms with Crippen molar-refractivity contribution in [3.63, 3.8) is 0 Å². The molecule has 0 aliphatic carbocycles. The highest BCUT2D eigenvalue weighted by molar-refractivity contribution is 6.03. The summed E-state index contributed by atoms with van der Waals surface area (Å²) >= 11 is 0. The van der Waals surface area contributed by atoms with E-state index in [4.69, 9.17) is 9.47 Å². The van der Waals surface area contributed by atoms with Crippen molar-refractivity contribution < 1.29 is 19.1 Å². The minimum Gasteiger partial charge on any atom is -0.477 e. The van der Waals surface area contributed by atoms with Crippen LogP contribution in [-0.2, 0) is 14.3 Å². The molecule has 1 saturated heterocycles. The highest BCUT2D eigenvalue weighted by Gasteiger charge is 2.34. The van der Waals surface area contributed by atoms with E-state index in [9.17, 15) is 9.59 Å². The number of carbonyl (C=O) groups excluding carboxylic acids is 2. The molecule has 0 bridgehead atoms. The quantitative estimate of drug-likeness (QED) is 0.688. The van der Waals surface area contributed by atoms with Gasteiger partial charge in [0.2, 0.25) is 5.91 Å². The molecule has 1 fully saturated rings. The predicted molar refractivity (Wildman–Crippen MR) is 123 cm³/mol. The van der Waals surface area contributed by atoms with Crippen molar-refractivity contribution in [1.82, 2.24) is 4.90 Å². The number of anilines is 2. The molecule has 0 spiro atoms. The van der Waals surface area contributed by atoms with E-state index in [2.05, 4.69) is 5.32 Å². The highest BCUT2D eigenvalue weighted by atomic mass is 16.5. The summed E-state index contributed by atoms with van der Waals surface area (Å²) in [6.45, 7) is 2.62. The molecule has 0 aromatic heterocycles. The Labute approximate surface area is 186 Å². The molecule has 2 aliphatic rings. The summed E-state index contributed by atoms with van der Waals surface area (Å²) in [5.41, 5.74) is 1.59. The zero-order chi connectivity index (χ0) is 21.9. The molecule has 5 rings (SSSR count). The molecule has 2 heterocycles. The first kappa shape index (κ1) is 20.3. The molecule has 0 saturated carbocycles. The maximum atomic E-state index is 13.0. The Kier molecular flexibility index (Phi) is 5.64. The molecule has 164 valence electrons. The first-order chi connectivity index (χ1) is 15.7. The fourth-order valence-corrected chi connectivity index (χ4v) is 4.27. The molecule has 32 heavy (non-hydrogen) atoms. The zero-order valence-corrected chi connectivity index (χ0v) is 17.7. The molecule has 7 heteroatoms. The van der Waals surface area contributed by atoms with Crippen molar-refractivity contribution in [3.05, 3.63) is 66.7 Å². The lowest BCUT2D eigenvalue weighted by molar-refractivity contribution is -0.142. The second-order valence-corrected chi connectivity index (χ2v) is 7.97. The molecular weight excluding hydrogens is 406 g/mol. The van der Waals surface area contributed by atoms with E-state index in [1.54, 1.807) is 4.90 Å². The van der Waals surface area contributed by atoms with Gasteiger partial charge < -0.3 is 24.6 Å². The number of morpholine rings is 1. The predicted octanol–water partition coefficient (Wildman–Crippen LogP) is 2.90. The van der Waals surface area contributed by atoms with Crippen molar-refractivity contribution in [1.29, 1.82) is 0 Å². The number of carbonyl (C=O) groups is 2.